The van der Waals surface area contributed by atoms with Gasteiger partial charge in [-0.05, 0) is 42.5 Å². The molecule has 4 rings (SSSR count). The van der Waals surface area contributed by atoms with Gasteiger partial charge in [0, 0.05) is 32.1 Å². The molecule has 2 aromatic heterocycles. The van der Waals surface area contributed by atoms with Gasteiger partial charge in [-0.2, -0.15) is 0 Å². The molecule has 0 bridgehead atoms. The summed E-state index contributed by atoms with van der Waals surface area (Å²) in [5.74, 6) is 4.86. The van der Waals surface area contributed by atoms with Gasteiger partial charge in [0.1, 0.15) is 11.5 Å². The number of nitrogens with one attached hydrogen (secondary N) is 3. The average molecular weight is 461 g/mol. The molecule has 5 N–H and O–H groups in total. The van der Waals surface area contributed by atoms with Gasteiger partial charge in [-0.1, -0.05) is 6.07 Å². The van der Waals surface area contributed by atoms with Crippen molar-refractivity contribution in [2.75, 3.05) is 20.4 Å². The quantitative estimate of drug-likeness (QED) is 0.143. The Morgan fingerprint density at radius 3 is 2.85 bits per heavy atom. The molecule has 1 fully saturated rings. The van der Waals surface area contributed by atoms with Gasteiger partial charge in [-0.25, -0.2) is 13.8 Å². The Morgan fingerprint density at radius 2 is 2.09 bits per heavy atom. The zero-order chi connectivity index (χ0) is 23.2. The van der Waals surface area contributed by atoms with Crippen LogP contribution >= 0.6 is 0 Å². The first-order valence-electron chi connectivity index (χ1n) is 10.7. The topological polar surface area (TPSA) is 97.9 Å². The molecule has 0 spiro atoms. The Morgan fingerprint density at radius 1 is 1.24 bits per heavy atom. The van der Waals surface area contributed by atoms with Crippen molar-refractivity contribution in [2.24, 2.45) is 5.84 Å². The zero-order valence-electron chi connectivity index (χ0n) is 18.4. The number of pyridine rings is 1. The molecule has 1 saturated carbocycles. The van der Waals surface area contributed by atoms with E-state index in [4.69, 9.17) is 15.3 Å². The summed E-state index contributed by atoms with van der Waals surface area (Å²) in [5, 5.41) is 6.00. The minimum Gasteiger partial charge on any atom is -0.494 e. The number of methoxy groups -OCH3 is 1. The van der Waals surface area contributed by atoms with Crippen LogP contribution in [0.25, 0.3) is 5.65 Å². The number of ether oxygens (including phenoxy) is 2. The molecule has 10 heteroatoms. The maximum absolute atomic E-state index is 14.1. The van der Waals surface area contributed by atoms with E-state index in [0.29, 0.717) is 18.2 Å². The average Bonchev–Trinajstić information content (AvgIpc) is 3.59. The Kier molecular flexibility index (Phi) is 7.38. The standard InChI is InChI=1S/C23H28F2N6O2.H2/c1-32-21-6-5-20(24)19(23(21)25)10-28-14-33-13-18(30-26)9-27-8-17-12-31-11-16(15-2-3-15)4-7-22(31)29-17;/h4-7,9,11-12,15,27-28,30H,2-3,8,10,13-14,26H2,1H3;1H/b18-9-;. The molecular weight excluding hydrogens is 430 g/mol. The Hall–Kier alpha value is -3.21. The lowest BCUT2D eigenvalue weighted by Gasteiger charge is -2.11. The fourth-order valence-corrected chi connectivity index (χ4v) is 3.51. The molecule has 0 atom stereocenters. The summed E-state index contributed by atoms with van der Waals surface area (Å²) < 4.78 is 40.4. The van der Waals surface area contributed by atoms with Crippen molar-refractivity contribution in [1.29, 1.82) is 0 Å². The number of halogens is 2. The van der Waals surface area contributed by atoms with E-state index in [2.05, 4.69) is 37.7 Å². The SMILES string of the molecule is COc1ccc(F)c(CNCOC/C(=C/NCc2cn3cc(C4CC4)ccc3n2)NN)c1F.[HH]. The van der Waals surface area contributed by atoms with Crippen LogP contribution in [0.1, 0.15) is 37.0 Å². The summed E-state index contributed by atoms with van der Waals surface area (Å²) in [6, 6.07) is 6.61. The van der Waals surface area contributed by atoms with E-state index < -0.39 is 11.6 Å². The maximum atomic E-state index is 14.1. The van der Waals surface area contributed by atoms with Crippen LogP contribution in [-0.4, -0.2) is 29.8 Å². The van der Waals surface area contributed by atoms with Gasteiger partial charge in [0.25, 0.3) is 0 Å². The van der Waals surface area contributed by atoms with Gasteiger partial charge < -0.3 is 24.6 Å². The number of hydrogen-bond acceptors (Lipinski definition) is 7. The summed E-state index contributed by atoms with van der Waals surface area (Å²) in [6.45, 7) is 0.733. The molecule has 1 aliphatic rings. The Bertz CT molecular complexity index is 1140. The smallest absolute Gasteiger partial charge is 0.172 e. The number of rotatable bonds is 12. The first-order chi connectivity index (χ1) is 16.1. The first kappa shape index (κ1) is 23.0. The summed E-state index contributed by atoms with van der Waals surface area (Å²) in [6.07, 6.45) is 8.40. The fourth-order valence-electron chi connectivity index (χ4n) is 3.51. The summed E-state index contributed by atoms with van der Waals surface area (Å²) >= 11 is 0. The number of aromatic nitrogens is 2. The third-order valence-electron chi connectivity index (χ3n) is 5.45. The van der Waals surface area contributed by atoms with Crippen molar-refractivity contribution >= 4 is 5.65 Å². The van der Waals surface area contributed by atoms with Gasteiger partial charge in [0.2, 0.25) is 0 Å². The molecular formula is C23H30F2N6O2. The molecule has 1 aromatic carbocycles. The van der Waals surface area contributed by atoms with Crippen LogP contribution in [0.4, 0.5) is 8.78 Å². The van der Waals surface area contributed by atoms with E-state index in [1.54, 1.807) is 6.20 Å². The number of nitrogens with two attached hydrogens (primary N) is 1. The van der Waals surface area contributed by atoms with Crippen LogP contribution in [0.15, 0.2) is 48.6 Å². The number of hydrazine groups is 1. The van der Waals surface area contributed by atoms with E-state index in [1.807, 2.05) is 12.3 Å². The van der Waals surface area contributed by atoms with Gasteiger partial charge >= 0.3 is 0 Å². The highest BCUT2D eigenvalue weighted by Crippen LogP contribution is 2.39. The highest BCUT2D eigenvalue weighted by molar-refractivity contribution is 5.42. The van der Waals surface area contributed by atoms with E-state index in [-0.39, 0.29) is 32.6 Å². The molecule has 0 unspecified atom stereocenters. The molecule has 2 heterocycles. The van der Waals surface area contributed by atoms with Crippen LogP contribution in [0, 0.1) is 11.6 Å². The second-order valence-corrected chi connectivity index (χ2v) is 7.89. The highest BCUT2D eigenvalue weighted by Gasteiger charge is 2.23. The van der Waals surface area contributed by atoms with Crippen molar-refractivity contribution < 1.29 is 19.7 Å². The predicted octanol–water partition coefficient (Wildman–Crippen LogP) is 2.90. The normalized spacial score (nSPS) is 14.0. The lowest BCUT2D eigenvalue weighted by molar-refractivity contribution is 0.131. The summed E-state index contributed by atoms with van der Waals surface area (Å²) in [4.78, 5) is 4.61. The van der Waals surface area contributed by atoms with Crippen molar-refractivity contribution in [2.45, 2.75) is 31.8 Å². The molecule has 33 heavy (non-hydrogen) atoms. The maximum Gasteiger partial charge on any atom is 0.172 e. The third-order valence-corrected chi connectivity index (χ3v) is 5.45. The summed E-state index contributed by atoms with van der Waals surface area (Å²) in [5.41, 5.74) is 6.24. The number of nitrogens with zero attached hydrogens (tertiary/aromatic N) is 2. The van der Waals surface area contributed by atoms with E-state index in [9.17, 15) is 8.78 Å². The summed E-state index contributed by atoms with van der Waals surface area (Å²) in [7, 11) is 1.33. The number of fused-ring (bicyclic) bond motifs is 1. The molecule has 0 radical (unpaired) electrons. The van der Waals surface area contributed by atoms with E-state index in [0.717, 1.165) is 11.3 Å². The lowest BCUT2D eigenvalue weighted by atomic mass is 10.2. The van der Waals surface area contributed by atoms with Crippen LogP contribution in [-0.2, 0) is 17.8 Å². The minimum atomic E-state index is -0.728. The van der Waals surface area contributed by atoms with Gasteiger partial charge in [0.05, 0.1) is 38.4 Å². The molecule has 178 valence electrons. The molecule has 3 aromatic rings. The minimum absolute atomic E-state index is 0. The number of hydrogen-bond donors (Lipinski definition) is 4. The molecule has 0 amide bonds. The highest BCUT2D eigenvalue weighted by atomic mass is 19.1. The molecule has 0 saturated heterocycles. The van der Waals surface area contributed by atoms with Crippen molar-refractivity contribution in [3.05, 3.63) is 77.0 Å². The number of imidazole rings is 1. The fraction of sp³-hybridized carbons (Fsp3) is 0.348. The second kappa shape index (κ2) is 10.6. The van der Waals surface area contributed by atoms with Crippen LogP contribution < -0.4 is 26.6 Å². The van der Waals surface area contributed by atoms with Crippen molar-refractivity contribution in [3.63, 3.8) is 0 Å². The predicted molar refractivity (Wildman–Crippen MR) is 122 cm³/mol. The first-order valence-corrected chi connectivity index (χ1v) is 10.7. The Labute approximate surface area is 192 Å². The molecule has 0 aliphatic heterocycles. The van der Waals surface area contributed by atoms with Gasteiger partial charge in [0.15, 0.2) is 11.6 Å². The van der Waals surface area contributed by atoms with Crippen LogP contribution in [0.3, 0.4) is 0 Å². The van der Waals surface area contributed by atoms with Crippen molar-refractivity contribution in [1.82, 2.24) is 25.4 Å². The Balaban J connectivity index is 0.00000324. The largest absolute Gasteiger partial charge is 0.494 e. The van der Waals surface area contributed by atoms with E-state index >= 15 is 0 Å². The van der Waals surface area contributed by atoms with Gasteiger partial charge in [-0.15, -0.1) is 0 Å². The number of benzene rings is 1. The lowest BCUT2D eigenvalue weighted by Crippen LogP contribution is -2.28. The van der Waals surface area contributed by atoms with Gasteiger partial charge in [-0.3, -0.25) is 11.2 Å². The van der Waals surface area contributed by atoms with E-state index in [1.165, 1.54) is 37.6 Å². The third kappa shape index (κ3) is 5.78. The van der Waals surface area contributed by atoms with Crippen molar-refractivity contribution in [3.8, 4) is 5.75 Å². The monoisotopic (exact) mass is 460 g/mol. The molecule has 1 aliphatic carbocycles. The second-order valence-electron chi connectivity index (χ2n) is 7.89. The van der Waals surface area contributed by atoms with Crippen LogP contribution in [0.5, 0.6) is 5.75 Å². The molecule has 8 nitrogen and oxygen atoms in total. The van der Waals surface area contributed by atoms with Crippen LogP contribution in [0.2, 0.25) is 0 Å². The zero-order valence-corrected chi connectivity index (χ0v) is 18.4.